The van der Waals surface area contributed by atoms with Crippen LogP contribution in [0.25, 0.3) is 0 Å². The van der Waals surface area contributed by atoms with Crippen LogP contribution in [0.2, 0.25) is 0 Å². The van der Waals surface area contributed by atoms with Gasteiger partial charge >= 0.3 is 0 Å². The fourth-order valence-electron chi connectivity index (χ4n) is 1.91. The van der Waals surface area contributed by atoms with E-state index in [4.69, 9.17) is 0 Å². The summed E-state index contributed by atoms with van der Waals surface area (Å²) in [6.45, 7) is 3.85. The lowest BCUT2D eigenvalue weighted by atomic mass is 10.2. The summed E-state index contributed by atoms with van der Waals surface area (Å²) in [6, 6.07) is 0.419. The zero-order valence-corrected chi connectivity index (χ0v) is 10.1. The maximum Gasteiger partial charge on any atom is 0.235 e. The Morgan fingerprint density at radius 3 is 3.00 bits per heavy atom. The molecule has 0 aromatic carbocycles. The number of rotatable bonds is 4. The summed E-state index contributed by atoms with van der Waals surface area (Å²) in [4.78, 5) is 14.0. The summed E-state index contributed by atoms with van der Waals surface area (Å²) >= 11 is 1.63. The summed E-state index contributed by atoms with van der Waals surface area (Å²) in [7, 11) is 1.94. The van der Waals surface area contributed by atoms with E-state index in [1.165, 1.54) is 0 Å². The van der Waals surface area contributed by atoms with Gasteiger partial charge in [-0.3, -0.25) is 4.79 Å². The van der Waals surface area contributed by atoms with E-state index < -0.39 is 0 Å². The van der Waals surface area contributed by atoms with E-state index in [0.717, 1.165) is 25.9 Å². The first-order valence-corrected chi connectivity index (χ1v) is 6.47. The fraction of sp³-hybridized carbons (Fsp3) is 0.900. The molecule has 82 valence electrons. The molecule has 2 unspecified atom stereocenters. The summed E-state index contributed by atoms with van der Waals surface area (Å²) in [6.07, 6.45) is 4.29. The molecule has 1 amide bonds. The van der Waals surface area contributed by atoms with Crippen molar-refractivity contribution in [2.45, 2.75) is 31.1 Å². The number of amides is 1. The third kappa shape index (κ3) is 2.64. The van der Waals surface area contributed by atoms with Gasteiger partial charge < -0.3 is 10.2 Å². The third-order valence-electron chi connectivity index (χ3n) is 2.80. The topological polar surface area (TPSA) is 32.3 Å². The van der Waals surface area contributed by atoms with Gasteiger partial charge in [0, 0.05) is 19.1 Å². The molecule has 0 aromatic heterocycles. The van der Waals surface area contributed by atoms with E-state index in [0.29, 0.717) is 11.9 Å². The van der Waals surface area contributed by atoms with E-state index in [2.05, 4.69) is 5.32 Å². The monoisotopic (exact) mass is 216 g/mol. The van der Waals surface area contributed by atoms with Crippen molar-refractivity contribution in [3.05, 3.63) is 0 Å². The van der Waals surface area contributed by atoms with E-state index in [-0.39, 0.29) is 5.25 Å². The lowest BCUT2D eigenvalue weighted by Crippen LogP contribution is -2.44. The molecule has 3 nitrogen and oxygen atoms in total. The second-order valence-corrected chi connectivity index (χ2v) is 4.94. The van der Waals surface area contributed by atoms with E-state index in [9.17, 15) is 4.79 Å². The molecule has 1 aliphatic heterocycles. The lowest BCUT2D eigenvalue weighted by Gasteiger charge is -2.26. The fourth-order valence-corrected chi connectivity index (χ4v) is 2.25. The average Bonchev–Trinajstić information content (AvgIpc) is 2.64. The molecule has 2 atom stereocenters. The summed E-state index contributed by atoms with van der Waals surface area (Å²) in [5.74, 6) is 0.301. The molecule has 1 fully saturated rings. The van der Waals surface area contributed by atoms with Crippen molar-refractivity contribution >= 4 is 17.7 Å². The molecular weight excluding hydrogens is 196 g/mol. The number of carbonyl (C=O) groups excluding carboxylic acids is 1. The Balaban J connectivity index is 2.53. The molecule has 0 aromatic rings. The lowest BCUT2D eigenvalue weighted by molar-refractivity contribution is -0.131. The van der Waals surface area contributed by atoms with Crippen LogP contribution in [0.15, 0.2) is 0 Å². The molecule has 0 saturated carbocycles. The highest BCUT2D eigenvalue weighted by molar-refractivity contribution is 7.99. The second-order valence-electron chi connectivity index (χ2n) is 3.76. The van der Waals surface area contributed by atoms with Crippen molar-refractivity contribution in [2.75, 3.05) is 26.4 Å². The number of thioether (sulfide) groups is 1. The second kappa shape index (κ2) is 5.61. The number of carbonyl (C=O) groups is 1. The van der Waals surface area contributed by atoms with Gasteiger partial charge in [0.1, 0.15) is 0 Å². The molecule has 0 bridgehead atoms. The first kappa shape index (κ1) is 11.9. The molecule has 4 heteroatoms. The van der Waals surface area contributed by atoms with Gasteiger partial charge in [-0.15, -0.1) is 0 Å². The van der Waals surface area contributed by atoms with Gasteiger partial charge in [-0.1, -0.05) is 0 Å². The number of hydrogen-bond acceptors (Lipinski definition) is 3. The minimum Gasteiger partial charge on any atom is -0.337 e. The van der Waals surface area contributed by atoms with Crippen molar-refractivity contribution in [2.24, 2.45) is 0 Å². The zero-order chi connectivity index (χ0) is 10.6. The summed E-state index contributed by atoms with van der Waals surface area (Å²) < 4.78 is 0. The number of likely N-dealkylation sites (tertiary alicyclic amines) is 1. The van der Waals surface area contributed by atoms with E-state index >= 15 is 0 Å². The molecule has 14 heavy (non-hydrogen) atoms. The Morgan fingerprint density at radius 2 is 2.43 bits per heavy atom. The Kier molecular flexibility index (Phi) is 4.75. The van der Waals surface area contributed by atoms with E-state index in [1.54, 1.807) is 11.8 Å². The van der Waals surface area contributed by atoms with Crippen LogP contribution < -0.4 is 5.32 Å². The normalized spacial score (nSPS) is 23.9. The first-order valence-electron chi connectivity index (χ1n) is 5.18. The van der Waals surface area contributed by atoms with Gasteiger partial charge in [0.05, 0.1) is 5.25 Å². The van der Waals surface area contributed by atoms with Crippen molar-refractivity contribution in [3.8, 4) is 0 Å². The number of nitrogens with one attached hydrogen (secondary N) is 1. The van der Waals surface area contributed by atoms with Crippen LogP contribution in [0.1, 0.15) is 19.8 Å². The van der Waals surface area contributed by atoms with Crippen LogP contribution in [0.3, 0.4) is 0 Å². The molecule has 1 rings (SSSR count). The molecule has 1 saturated heterocycles. The maximum atomic E-state index is 11.9. The predicted molar refractivity (Wildman–Crippen MR) is 61.6 cm³/mol. The quantitative estimate of drug-likeness (QED) is 0.759. The van der Waals surface area contributed by atoms with Gasteiger partial charge in [0.2, 0.25) is 5.91 Å². The standard InChI is InChI=1S/C10H20N2OS/c1-8(14-3)10(13)12-6-4-5-9(12)7-11-2/h8-9,11H,4-7H2,1-3H3. The molecule has 0 radical (unpaired) electrons. The predicted octanol–water partition coefficient (Wildman–Crippen LogP) is 0.948. The minimum atomic E-state index is 0.104. The summed E-state index contributed by atoms with van der Waals surface area (Å²) in [5, 5.41) is 3.25. The Morgan fingerprint density at radius 1 is 1.71 bits per heavy atom. The first-order chi connectivity index (χ1) is 6.70. The molecule has 0 spiro atoms. The Hall–Kier alpha value is -0.220. The van der Waals surface area contributed by atoms with Crippen LogP contribution >= 0.6 is 11.8 Å². The molecule has 1 heterocycles. The largest absolute Gasteiger partial charge is 0.337 e. The van der Waals surface area contributed by atoms with Crippen molar-refractivity contribution in [1.29, 1.82) is 0 Å². The molecule has 1 N–H and O–H groups in total. The number of nitrogens with zero attached hydrogens (tertiary/aromatic N) is 1. The van der Waals surface area contributed by atoms with Crippen molar-refractivity contribution < 1.29 is 4.79 Å². The van der Waals surface area contributed by atoms with Crippen LogP contribution in [0.5, 0.6) is 0 Å². The molecule has 1 aliphatic rings. The number of hydrogen-bond donors (Lipinski definition) is 1. The van der Waals surface area contributed by atoms with Crippen LogP contribution in [0, 0.1) is 0 Å². The third-order valence-corrected chi connectivity index (χ3v) is 3.71. The van der Waals surface area contributed by atoms with Gasteiger partial charge in [-0.2, -0.15) is 11.8 Å². The zero-order valence-electron chi connectivity index (χ0n) is 9.25. The average molecular weight is 216 g/mol. The molecular formula is C10H20N2OS. The highest BCUT2D eigenvalue weighted by atomic mass is 32.2. The highest BCUT2D eigenvalue weighted by Crippen LogP contribution is 2.20. The van der Waals surface area contributed by atoms with E-state index in [1.807, 2.05) is 25.1 Å². The number of likely N-dealkylation sites (N-methyl/N-ethyl adjacent to an activating group) is 1. The smallest absolute Gasteiger partial charge is 0.235 e. The van der Waals surface area contributed by atoms with Gasteiger partial charge in [-0.25, -0.2) is 0 Å². The maximum absolute atomic E-state index is 11.9. The summed E-state index contributed by atoms with van der Waals surface area (Å²) in [5.41, 5.74) is 0. The van der Waals surface area contributed by atoms with Gasteiger partial charge in [0.25, 0.3) is 0 Å². The van der Waals surface area contributed by atoms with Crippen LogP contribution in [-0.4, -0.2) is 48.5 Å². The van der Waals surface area contributed by atoms with Crippen LogP contribution in [-0.2, 0) is 4.79 Å². The Labute approximate surface area is 90.6 Å². The van der Waals surface area contributed by atoms with Crippen molar-refractivity contribution in [3.63, 3.8) is 0 Å². The SMILES string of the molecule is CNCC1CCCN1C(=O)C(C)SC. The highest BCUT2D eigenvalue weighted by Gasteiger charge is 2.30. The van der Waals surface area contributed by atoms with Gasteiger partial charge in [-0.05, 0) is 33.1 Å². The van der Waals surface area contributed by atoms with Crippen molar-refractivity contribution in [1.82, 2.24) is 10.2 Å². The van der Waals surface area contributed by atoms with Crippen LogP contribution in [0.4, 0.5) is 0 Å². The Bertz CT molecular complexity index is 199. The molecule has 0 aliphatic carbocycles. The minimum absolute atomic E-state index is 0.104. The van der Waals surface area contributed by atoms with Gasteiger partial charge in [0.15, 0.2) is 0 Å².